The molecule has 0 spiro atoms. The van der Waals surface area contributed by atoms with Crippen molar-refractivity contribution in [1.29, 1.82) is 0 Å². The van der Waals surface area contributed by atoms with Gasteiger partial charge in [-0.25, -0.2) is 0 Å². The second kappa shape index (κ2) is 2.96. The highest BCUT2D eigenvalue weighted by molar-refractivity contribution is 5.79. The normalized spacial score (nSPS) is 36.2. The van der Waals surface area contributed by atoms with Crippen LogP contribution < -0.4 is 0 Å². The van der Waals surface area contributed by atoms with Gasteiger partial charge in [0.05, 0.1) is 0 Å². The summed E-state index contributed by atoms with van der Waals surface area (Å²) in [5.41, 5.74) is -0.873. The molecular weight excluding hydrogens is 168 g/mol. The molecule has 0 aromatic carbocycles. The topological polar surface area (TPSA) is 43.8 Å². The van der Waals surface area contributed by atoms with E-state index in [2.05, 4.69) is 4.90 Å². The Bertz CT molecular complexity index is 232. The number of likely N-dealkylation sites (N-methyl/N-ethyl adjacent to an activating group) is 1. The first-order valence-electron chi connectivity index (χ1n) is 4.83. The Balaban J connectivity index is 2.20. The second-order valence-corrected chi connectivity index (χ2v) is 4.12. The maximum atomic E-state index is 11.4. The fraction of sp³-hybridized carbons (Fsp3) is 0.889. The van der Waals surface area contributed by atoms with Gasteiger partial charge >= 0.3 is 0 Å². The summed E-state index contributed by atoms with van der Waals surface area (Å²) in [7, 11) is 1.99. The van der Waals surface area contributed by atoms with Crippen molar-refractivity contribution in [2.45, 2.75) is 25.0 Å². The molecule has 4 nitrogen and oxygen atoms in total. The van der Waals surface area contributed by atoms with Crippen LogP contribution in [0, 0.1) is 0 Å². The first-order chi connectivity index (χ1) is 6.12. The summed E-state index contributed by atoms with van der Waals surface area (Å²) in [6.07, 6.45) is 2.06. The first kappa shape index (κ1) is 8.97. The molecular formula is C9H16N2O2. The van der Waals surface area contributed by atoms with Gasteiger partial charge < -0.3 is 14.9 Å². The number of fused-ring (bicyclic) bond motifs is 1. The minimum absolute atomic E-state index is 0.109. The number of amides is 1. The molecule has 4 heteroatoms. The molecule has 2 heterocycles. The summed E-state index contributed by atoms with van der Waals surface area (Å²) in [6.45, 7) is 2.27. The fourth-order valence-electron chi connectivity index (χ4n) is 2.32. The lowest BCUT2D eigenvalue weighted by Crippen LogP contribution is -2.50. The lowest BCUT2D eigenvalue weighted by molar-refractivity contribution is -0.145. The van der Waals surface area contributed by atoms with Crippen molar-refractivity contribution in [1.82, 2.24) is 9.80 Å². The Morgan fingerprint density at radius 3 is 3.00 bits per heavy atom. The zero-order valence-electron chi connectivity index (χ0n) is 7.99. The molecule has 1 unspecified atom stereocenters. The zero-order chi connectivity index (χ0) is 9.47. The Morgan fingerprint density at radius 2 is 2.23 bits per heavy atom. The zero-order valence-corrected chi connectivity index (χ0v) is 7.99. The summed E-state index contributed by atoms with van der Waals surface area (Å²) in [5, 5.41) is 10.2. The highest BCUT2D eigenvalue weighted by Gasteiger charge is 2.45. The standard InChI is InChI=1S/C9H16N2O2/c1-10-5-2-6-11-8(12)3-4-9(11,13)7-10/h13H,2-7H2,1H3. The summed E-state index contributed by atoms with van der Waals surface area (Å²) < 4.78 is 0. The predicted octanol–water partition coefficient (Wildman–Crippen LogP) is -0.367. The average Bonchev–Trinajstić information content (AvgIpc) is 2.27. The molecule has 2 aliphatic heterocycles. The van der Waals surface area contributed by atoms with Crippen LogP contribution in [0.2, 0.25) is 0 Å². The summed E-state index contributed by atoms with van der Waals surface area (Å²) >= 11 is 0. The third-order valence-electron chi connectivity index (χ3n) is 2.99. The van der Waals surface area contributed by atoms with E-state index >= 15 is 0 Å². The molecule has 13 heavy (non-hydrogen) atoms. The van der Waals surface area contributed by atoms with Crippen LogP contribution in [0.15, 0.2) is 0 Å². The van der Waals surface area contributed by atoms with E-state index in [0.29, 0.717) is 25.9 Å². The molecule has 0 bridgehead atoms. The molecule has 1 amide bonds. The third kappa shape index (κ3) is 1.44. The number of rotatable bonds is 0. The smallest absolute Gasteiger partial charge is 0.225 e. The first-order valence-corrected chi connectivity index (χ1v) is 4.83. The molecule has 2 aliphatic rings. The molecule has 2 fully saturated rings. The Hall–Kier alpha value is -0.610. The Morgan fingerprint density at radius 1 is 1.46 bits per heavy atom. The SMILES string of the molecule is CN1CCCN2C(=O)CCC2(O)C1. The van der Waals surface area contributed by atoms with Gasteiger partial charge in [0.1, 0.15) is 0 Å². The van der Waals surface area contributed by atoms with E-state index in [1.54, 1.807) is 4.90 Å². The van der Waals surface area contributed by atoms with Crippen molar-refractivity contribution in [2.75, 3.05) is 26.7 Å². The van der Waals surface area contributed by atoms with Crippen LogP contribution in [0.5, 0.6) is 0 Å². The van der Waals surface area contributed by atoms with Gasteiger partial charge in [0, 0.05) is 25.9 Å². The van der Waals surface area contributed by atoms with E-state index < -0.39 is 5.72 Å². The van der Waals surface area contributed by atoms with E-state index in [0.717, 1.165) is 13.0 Å². The summed E-state index contributed by atoms with van der Waals surface area (Å²) in [4.78, 5) is 15.2. The van der Waals surface area contributed by atoms with Crippen LogP contribution >= 0.6 is 0 Å². The highest BCUT2D eigenvalue weighted by atomic mass is 16.3. The fourth-order valence-corrected chi connectivity index (χ4v) is 2.32. The van der Waals surface area contributed by atoms with Gasteiger partial charge in [-0.1, -0.05) is 0 Å². The van der Waals surface area contributed by atoms with Gasteiger partial charge in [0.25, 0.3) is 0 Å². The van der Waals surface area contributed by atoms with Crippen LogP contribution in [-0.2, 0) is 4.79 Å². The van der Waals surface area contributed by atoms with Gasteiger partial charge in [-0.3, -0.25) is 4.79 Å². The van der Waals surface area contributed by atoms with Crippen molar-refractivity contribution in [3.05, 3.63) is 0 Å². The van der Waals surface area contributed by atoms with Crippen LogP contribution in [-0.4, -0.2) is 53.2 Å². The monoisotopic (exact) mass is 184 g/mol. The maximum Gasteiger partial charge on any atom is 0.225 e. The van der Waals surface area contributed by atoms with Crippen molar-refractivity contribution in [3.63, 3.8) is 0 Å². The van der Waals surface area contributed by atoms with Gasteiger partial charge in [0.2, 0.25) is 5.91 Å². The minimum Gasteiger partial charge on any atom is -0.369 e. The molecule has 74 valence electrons. The number of carbonyl (C=O) groups excluding carboxylic acids is 1. The van der Waals surface area contributed by atoms with Gasteiger partial charge in [0.15, 0.2) is 5.72 Å². The molecule has 0 saturated carbocycles. The molecule has 0 aliphatic carbocycles. The third-order valence-corrected chi connectivity index (χ3v) is 2.99. The van der Waals surface area contributed by atoms with Crippen molar-refractivity contribution < 1.29 is 9.90 Å². The van der Waals surface area contributed by atoms with E-state index in [1.165, 1.54) is 0 Å². The predicted molar refractivity (Wildman–Crippen MR) is 48.0 cm³/mol. The van der Waals surface area contributed by atoms with Crippen molar-refractivity contribution >= 4 is 5.91 Å². The van der Waals surface area contributed by atoms with Crippen LogP contribution in [0.4, 0.5) is 0 Å². The largest absolute Gasteiger partial charge is 0.369 e. The lowest BCUT2D eigenvalue weighted by Gasteiger charge is -2.33. The number of hydrogen-bond acceptors (Lipinski definition) is 3. The average molecular weight is 184 g/mol. The molecule has 0 radical (unpaired) electrons. The maximum absolute atomic E-state index is 11.4. The lowest BCUT2D eigenvalue weighted by atomic mass is 10.1. The van der Waals surface area contributed by atoms with E-state index in [9.17, 15) is 9.90 Å². The van der Waals surface area contributed by atoms with Gasteiger partial charge in [-0.2, -0.15) is 0 Å². The second-order valence-electron chi connectivity index (χ2n) is 4.12. The minimum atomic E-state index is -0.873. The number of carbonyl (C=O) groups is 1. The van der Waals surface area contributed by atoms with Crippen molar-refractivity contribution in [2.24, 2.45) is 0 Å². The number of hydrogen-bond donors (Lipinski definition) is 1. The molecule has 2 saturated heterocycles. The van der Waals surface area contributed by atoms with E-state index in [4.69, 9.17) is 0 Å². The molecule has 0 aromatic heterocycles. The van der Waals surface area contributed by atoms with E-state index in [1.807, 2.05) is 7.05 Å². The molecule has 0 aromatic rings. The highest BCUT2D eigenvalue weighted by Crippen LogP contribution is 2.30. The Kier molecular flexibility index (Phi) is 2.04. The number of β-amino-alcohol motifs (C(OH)–C–C–N with tert-alkyl or cyclic N) is 1. The summed E-state index contributed by atoms with van der Waals surface area (Å²) in [5.74, 6) is 0.109. The van der Waals surface area contributed by atoms with Crippen molar-refractivity contribution in [3.8, 4) is 0 Å². The van der Waals surface area contributed by atoms with Gasteiger partial charge in [-0.15, -0.1) is 0 Å². The molecule has 1 atom stereocenters. The number of nitrogens with zero attached hydrogens (tertiary/aromatic N) is 2. The summed E-state index contributed by atoms with van der Waals surface area (Å²) in [6, 6.07) is 0. The molecule has 1 N–H and O–H groups in total. The van der Waals surface area contributed by atoms with Crippen LogP contribution in [0.25, 0.3) is 0 Å². The molecule has 2 rings (SSSR count). The number of aliphatic hydroxyl groups is 1. The van der Waals surface area contributed by atoms with Gasteiger partial charge in [-0.05, 0) is 20.0 Å². The van der Waals surface area contributed by atoms with Crippen LogP contribution in [0.1, 0.15) is 19.3 Å². The van der Waals surface area contributed by atoms with Crippen LogP contribution in [0.3, 0.4) is 0 Å². The Labute approximate surface area is 78.1 Å². The van der Waals surface area contributed by atoms with E-state index in [-0.39, 0.29) is 5.91 Å². The quantitative estimate of drug-likeness (QED) is 0.559.